The third-order valence-electron chi connectivity index (χ3n) is 3.99. The fourth-order valence-electron chi connectivity index (χ4n) is 2.44. The van der Waals surface area contributed by atoms with E-state index < -0.39 is 17.7 Å². The quantitative estimate of drug-likeness (QED) is 0.470. The normalized spacial score (nSPS) is 11.7. The number of amides is 1. The monoisotopic (exact) mass is 435 g/mol. The fraction of sp³-hybridized carbons (Fsp3) is 0.300. The fourth-order valence-corrected chi connectivity index (χ4v) is 2.69. The van der Waals surface area contributed by atoms with Crippen molar-refractivity contribution in [2.24, 2.45) is 10.2 Å². The first-order valence-corrected chi connectivity index (χ1v) is 9.07. The van der Waals surface area contributed by atoms with Crippen molar-refractivity contribution in [1.82, 2.24) is 0 Å². The lowest BCUT2D eigenvalue weighted by molar-refractivity contribution is -0.126. The average molecular weight is 436 g/mol. The van der Waals surface area contributed by atoms with Gasteiger partial charge in [-0.05, 0) is 6.92 Å². The maximum absolute atomic E-state index is 12.7. The summed E-state index contributed by atoms with van der Waals surface area (Å²) in [6.07, 6.45) is 0. The molecule has 0 aliphatic heterocycles. The van der Waals surface area contributed by atoms with Crippen LogP contribution in [0.3, 0.4) is 0 Å². The summed E-state index contributed by atoms with van der Waals surface area (Å²) in [4.78, 5) is 24.8. The third kappa shape index (κ3) is 5.60. The number of ketones is 1. The zero-order valence-electron chi connectivity index (χ0n) is 17.2. The van der Waals surface area contributed by atoms with Crippen LogP contribution in [0.25, 0.3) is 0 Å². The SMILES string of the molecule is COc1cc(N=NC(C(C)=O)C(=O)Nc2c(Cl)cc(OC)cc2OC)cc(OC)c1. The first kappa shape index (κ1) is 23.0. The summed E-state index contributed by atoms with van der Waals surface area (Å²) >= 11 is 6.22. The van der Waals surface area contributed by atoms with E-state index in [0.717, 1.165) is 0 Å². The number of Topliss-reactive ketones (excluding diaryl/α,β-unsaturated/α-hetero) is 1. The van der Waals surface area contributed by atoms with Gasteiger partial charge in [0.15, 0.2) is 5.78 Å². The Morgan fingerprint density at radius 2 is 1.47 bits per heavy atom. The lowest BCUT2D eigenvalue weighted by Crippen LogP contribution is -2.32. The predicted octanol–water partition coefficient (Wildman–Crippen LogP) is 4.05. The van der Waals surface area contributed by atoms with E-state index in [1.807, 2.05) is 0 Å². The number of carbonyl (C=O) groups excluding carboxylic acids is 2. The molecule has 2 aromatic carbocycles. The Hall–Kier alpha value is -3.33. The molecule has 0 radical (unpaired) electrons. The Morgan fingerprint density at radius 1 is 0.900 bits per heavy atom. The number of hydrogen-bond donors (Lipinski definition) is 1. The molecule has 160 valence electrons. The van der Waals surface area contributed by atoms with Gasteiger partial charge in [0, 0.05) is 30.3 Å². The van der Waals surface area contributed by atoms with E-state index in [-0.39, 0.29) is 16.5 Å². The van der Waals surface area contributed by atoms with Crippen LogP contribution in [0.5, 0.6) is 23.0 Å². The first-order valence-electron chi connectivity index (χ1n) is 8.69. The van der Waals surface area contributed by atoms with Gasteiger partial charge in [0.05, 0.1) is 39.1 Å². The van der Waals surface area contributed by atoms with Crippen LogP contribution in [0.2, 0.25) is 5.02 Å². The van der Waals surface area contributed by atoms with E-state index in [4.69, 9.17) is 30.5 Å². The Labute approximate surface area is 178 Å². The maximum Gasteiger partial charge on any atom is 0.258 e. The molecule has 0 fully saturated rings. The molecule has 10 heteroatoms. The molecule has 0 aliphatic rings. The lowest BCUT2D eigenvalue weighted by atomic mass is 10.2. The summed E-state index contributed by atoms with van der Waals surface area (Å²) in [6, 6.07) is 6.49. The van der Waals surface area contributed by atoms with Crippen LogP contribution < -0.4 is 24.3 Å². The summed E-state index contributed by atoms with van der Waals surface area (Å²) < 4.78 is 20.7. The molecule has 2 aromatic rings. The highest BCUT2D eigenvalue weighted by molar-refractivity contribution is 6.34. The van der Waals surface area contributed by atoms with Gasteiger partial charge in [0.25, 0.3) is 5.91 Å². The molecule has 1 amide bonds. The van der Waals surface area contributed by atoms with Crippen LogP contribution in [0.4, 0.5) is 11.4 Å². The Balaban J connectivity index is 2.30. The van der Waals surface area contributed by atoms with Gasteiger partial charge in [-0.1, -0.05) is 11.6 Å². The van der Waals surface area contributed by atoms with E-state index in [1.54, 1.807) is 24.3 Å². The Morgan fingerprint density at radius 3 is 1.97 bits per heavy atom. The molecule has 0 aliphatic carbocycles. The van der Waals surface area contributed by atoms with Crippen molar-refractivity contribution in [3.8, 4) is 23.0 Å². The van der Waals surface area contributed by atoms with E-state index >= 15 is 0 Å². The number of rotatable bonds is 9. The average Bonchev–Trinajstić information content (AvgIpc) is 2.74. The zero-order chi connectivity index (χ0) is 22.3. The van der Waals surface area contributed by atoms with Crippen LogP contribution >= 0.6 is 11.6 Å². The van der Waals surface area contributed by atoms with Crippen molar-refractivity contribution in [1.29, 1.82) is 0 Å². The van der Waals surface area contributed by atoms with Crippen LogP contribution in [-0.2, 0) is 9.59 Å². The van der Waals surface area contributed by atoms with E-state index in [0.29, 0.717) is 22.9 Å². The lowest BCUT2D eigenvalue weighted by Gasteiger charge is -2.15. The molecular weight excluding hydrogens is 414 g/mol. The van der Waals surface area contributed by atoms with Crippen molar-refractivity contribution in [3.05, 3.63) is 35.4 Å². The highest BCUT2D eigenvalue weighted by Gasteiger charge is 2.25. The molecule has 0 spiro atoms. The summed E-state index contributed by atoms with van der Waals surface area (Å²) in [5.74, 6) is 0.471. The summed E-state index contributed by atoms with van der Waals surface area (Å²) in [6.45, 7) is 1.24. The topological polar surface area (TPSA) is 108 Å². The van der Waals surface area contributed by atoms with Gasteiger partial charge in [-0.2, -0.15) is 10.2 Å². The zero-order valence-corrected chi connectivity index (χ0v) is 17.9. The van der Waals surface area contributed by atoms with Crippen molar-refractivity contribution in [3.63, 3.8) is 0 Å². The molecule has 0 aromatic heterocycles. The smallest absolute Gasteiger partial charge is 0.258 e. The highest BCUT2D eigenvalue weighted by atomic mass is 35.5. The van der Waals surface area contributed by atoms with Gasteiger partial charge in [0.1, 0.15) is 28.7 Å². The van der Waals surface area contributed by atoms with E-state index in [9.17, 15) is 9.59 Å². The van der Waals surface area contributed by atoms with Crippen LogP contribution in [0, 0.1) is 0 Å². The number of carbonyl (C=O) groups is 2. The molecule has 1 N–H and O–H groups in total. The second-order valence-electron chi connectivity index (χ2n) is 5.98. The second-order valence-corrected chi connectivity index (χ2v) is 6.38. The molecule has 0 heterocycles. The van der Waals surface area contributed by atoms with E-state index in [1.165, 1.54) is 41.4 Å². The van der Waals surface area contributed by atoms with Gasteiger partial charge in [-0.3, -0.25) is 9.59 Å². The number of methoxy groups -OCH3 is 4. The Kier molecular flexibility index (Phi) is 7.99. The molecule has 2 rings (SSSR count). The minimum Gasteiger partial charge on any atom is -0.497 e. The molecule has 9 nitrogen and oxygen atoms in total. The standard InChI is InChI=1S/C20H22ClN3O6/c1-11(25)18(24-23-12-6-13(27-2)8-14(7-12)28-3)20(26)22-19-16(21)9-15(29-4)10-17(19)30-5/h6-10,18H,1-5H3,(H,22,26). The number of anilines is 1. The predicted molar refractivity (Wildman–Crippen MR) is 112 cm³/mol. The number of benzene rings is 2. The molecule has 0 bridgehead atoms. The number of hydrogen-bond acceptors (Lipinski definition) is 8. The molecule has 1 atom stereocenters. The Bertz CT molecular complexity index is 942. The van der Waals surface area contributed by atoms with Crippen LogP contribution in [0.15, 0.2) is 40.6 Å². The first-order chi connectivity index (χ1) is 14.3. The number of nitrogens with one attached hydrogen (secondary N) is 1. The third-order valence-corrected chi connectivity index (χ3v) is 4.29. The molecule has 0 saturated heterocycles. The van der Waals surface area contributed by atoms with Crippen molar-refractivity contribution in [2.75, 3.05) is 33.8 Å². The number of halogens is 1. The number of nitrogens with zero attached hydrogens (tertiary/aromatic N) is 2. The van der Waals surface area contributed by atoms with Gasteiger partial charge in [-0.15, -0.1) is 0 Å². The molecule has 30 heavy (non-hydrogen) atoms. The maximum atomic E-state index is 12.7. The molecular formula is C20H22ClN3O6. The van der Waals surface area contributed by atoms with Crippen molar-refractivity contribution >= 4 is 34.7 Å². The summed E-state index contributed by atoms with van der Waals surface area (Å²) in [5, 5.41) is 10.6. The van der Waals surface area contributed by atoms with Gasteiger partial charge >= 0.3 is 0 Å². The van der Waals surface area contributed by atoms with Crippen LogP contribution in [0.1, 0.15) is 6.92 Å². The minimum atomic E-state index is -1.40. The second kappa shape index (κ2) is 10.4. The molecule has 1 unspecified atom stereocenters. The van der Waals surface area contributed by atoms with E-state index in [2.05, 4.69) is 15.5 Å². The van der Waals surface area contributed by atoms with Gasteiger partial charge in [-0.25, -0.2) is 0 Å². The number of azo groups is 1. The minimum absolute atomic E-state index is 0.177. The number of ether oxygens (including phenoxy) is 4. The van der Waals surface area contributed by atoms with Crippen LogP contribution in [-0.4, -0.2) is 46.2 Å². The largest absolute Gasteiger partial charge is 0.497 e. The van der Waals surface area contributed by atoms with Crippen molar-refractivity contribution < 1.29 is 28.5 Å². The van der Waals surface area contributed by atoms with Crippen molar-refractivity contribution in [2.45, 2.75) is 13.0 Å². The van der Waals surface area contributed by atoms with Gasteiger partial charge in [0.2, 0.25) is 6.04 Å². The molecule has 0 saturated carbocycles. The van der Waals surface area contributed by atoms with Gasteiger partial charge < -0.3 is 24.3 Å². The summed E-state index contributed by atoms with van der Waals surface area (Å²) in [5.41, 5.74) is 0.541. The summed E-state index contributed by atoms with van der Waals surface area (Å²) in [7, 11) is 5.88. The highest BCUT2D eigenvalue weighted by Crippen LogP contribution is 2.37.